The predicted octanol–water partition coefficient (Wildman–Crippen LogP) is 1.92. The van der Waals surface area contributed by atoms with Gasteiger partial charge in [-0.15, -0.1) is 0 Å². The summed E-state index contributed by atoms with van der Waals surface area (Å²) in [5.41, 5.74) is 7.41. The third-order valence-electron chi connectivity index (χ3n) is 1.71. The number of amidine groups is 1. The van der Waals surface area contributed by atoms with Crippen LogP contribution in [0, 0.1) is 6.92 Å². The topological polar surface area (TPSA) is 70.6 Å². The van der Waals surface area contributed by atoms with E-state index in [0.29, 0.717) is 6.54 Å². The van der Waals surface area contributed by atoms with Crippen LogP contribution >= 0.6 is 15.9 Å². The van der Waals surface area contributed by atoms with Gasteiger partial charge in [0.25, 0.3) is 0 Å². The predicted molar refractivity (Wildman–Crippen MR) is 60.8 cm³/mol. The maximum absolute atomic E-state index is 8.34. The van der Waals surface area contributed by atoms with Crippen LogP contribution in [-0.2, 0) is 0 Å². The van der Waals surface area contributed by atoms with Crippen molar-refractivity contribution in [3.63, 3.8) is 0 Å². The number of aryl methyl sites for hydroxylation is 1. The normalized spacial score (nSPS) is 11.4. The van der Waals surface area contributed by atoms with E-state index < -0.39 is 0 Å². The average molecular weight is 258 g/mol. The summed E-state index contributed by atoms with van der Waals surface area (Å²) in [6, 6.07) is 5.91. The second-order valence-corrected chi connectivity index (χ2v) is 3.78. The number of nitrogens with zero attached hydrogens (tertiary/aromatic N) is 1. The minimum atomic E-state index is 0.150. The van der Waals surface area contributed by atoms with Crippen molar-refractivity contribution in [3.05, 3.63) is 28.2 Å². The second kappa shape index (κ2) is 4.85. The molecule has 0 aliphatic carbocycles. The number of hydrogen-bond donors (Lipinski definition) is 3. The minimum Gasteiger partial charge on any atom is -0.409 e. The third-order valence-corrected chi connectivity index (χ3v) is 2.37. The number of nitrogens with one attached hydrogen (secondary N) is 1. The lowest BCUT2D eigenvalue weighted by atomic mass is 10.2. The van der Waals surface area contributed by atoms with Crippen molar-refractivity contribution in [1.82, 2.24) is 0 Å². The van der Waals surface area contributed by atoms with Gasteiger partial charge in [0.1, 0.15) is 0 Å². The fourth-order valence-electron chi connectivity index (χ4n) is 0.985. The molecule has 0 aliphatic rings. The van der Waals surface area contributed by atoms with E-state index >= 15 is 0 Å². The van der Waals surface area contributed by atoms with Gasteiger partial charge in [0.2, 0.25) is 0 Å². The van der Waals surface area contributed by atoms with Crippen LogP contribution in [0.15, 0.2) is 27.8 Å². The van der Waals surface area contributed by atoms with Crippen LogP contribution in [0.2, 0.25) is 0 Å². The Morgan fingerprint density at radius 3 is 2.93 bits per heavy atom. The van der Waals surface area contributed by atoms with E-state index in [1.54, 1.807) is 0 Å². The molecule has 0 heterocycles. The molecule has 0 unspecified atom stereocenters. The Morgan fingerprint density at radius 2 is 2.36 bits per heavy atom. The highest BCUT2D eigenvalue weighted by Crippen LogP contribution is 2.22. The number of oxime groups is 1. The summed E-state index contributed by atoms with van der Waals surface area (Å²) in [7, 11) is 0. The Bertz CT molecular complexity index is 352. The quantitative estimate of drug-likeness (QED) is 0.335. The van der Waals surface area contributed by atoms with Gasteiger partial charge in [0, 0.05) is 10.2 Å². The summed E-state index contributed by atoms with van der Waals surface area (Å²) in [4.78, 5) is 0. The van der Waals surface area contributed by atoms with Gasteiger partial charge in [-0.05, 0) is 40.5 Å². The molecule has 4 nitrogen and oxygen atoms in total. The van der Waals surface area contributed by atoms with Crippen molar-refractivity contribution in [3.8, 4) is 0 Å². The molecular formula is C9H12BrN3O. The molecule has 1 aromatic rings. The van der Waals surface area contributed by atoms with E-state index in [1.165, 1.54) is 5.56 Å². The van der Waals surface area contributed by atoms with Crippen molar-refractivity contribution in [1.29, 1.82) is 0 Å². The van der Waals surface area contributed by atoms with E-state index in [0.717, 1.165) is 10.2 Å². The molecule has 0 spiro atoms. The van der Waals surface area contributed by atoms with Gasteiger partial charge in [0.05, 0.1) is 6.54 Å². The van der Waals surface area contributed by atoms with Crippen molar-refractivity contribution in [2.75, 3.05) is 11.9 Å². The van der Waals surface area contributed by atoms with E-state index in [-0.39, 0.29) is 5.84 Å². The Labute approximate surface area is 90.9 Å². The van der Waals surface area contributed by atoms with Crippen LogP contribution in [0.4, 0.5) is 5.69 Å². The average Bonchev–Trinajstić information content (AvgIpc) is 2.16. The number of halogens is 1. The minimum absolute atomic E-state index is 0.150. The van der Waals surface area contributed by atoms with Gasteiger partial charge in [-0.2, -0.15) is 0 Å². The first-order chi connectivity index (χ1) is 6.63. The molecule has 0 atom stereocenters. The van der Waals surface area contributed by atoms with Crippen molar-refractivity contribution < 1.29 is 5.21 Å². The smallest absolute Gasteiger partial charge is 0.158 e. The number of hydrogen-bond acceptors (Lipinski definition) is 3. The van der Waals surface area contributed by atoms with Gasteiger partial charge in [-0.3, -0.25) is 0 Å². The molecule has 0 aromatic heterocycles. The van der Waals surface area contributed by atoms with Crippen LogP contribution in [0.3, 0.4) is 0 Å². The summed E-state index contributed by atoms with van der Waals surface area (Å²) in [6.45, 7) is 2.33. The van der Waals surface area contributed by atoms with Gasteiger partial charge < -0.3 is 16.3 Å². The van der Waals surface area contributed by atoms with Gasteiger partial charge >= 0.3 is 0 Å². The zero-order chi connectivity index (χ0) is 10.6. The highest BCUT2D eigenvalue weighted by molar-refractivity contribution is 9.10. The van der Waals surface area contributed by atoms with Crippen LogP contribution in [-0.4, -0.2) is 17.6 Å². The molecule has 0 aliphatic heterocycles. The molecule has 0 bridgehead atoms. The number of rotatable bonds is 3. The Hall–Kier alpha value is -1.23. The first kappa shape index (κ1) is 10.8. The van der Waals surface area contributed by atoms with Crippen molar-refractivity contribution in [2.45, 2.75) is 6.92 Å². The van der Waals surface area contributed by atoms with Gasteiger partial charge in [-0.25, -0.2) is 0 Å². The second-order valence-electron chi connectivity index (χ2n) is 2.93. The molecule has 1 aromatic carbocycles. The summed E-state index contributed by atoms with van der Waals surface area (Å²) in [5.74, 6) is 0.150. The zero-order valence-electron chi connectivity index (χ0n) is 7.79. The molecular weight excluding hydrogens is 246 g/mol. The first-order valence-corrected chi connectivity index (χ1v) is 4.89. The number of anilines is 1. The van der Waals surface area contributed by atoms with Gasteiger partial charge in [0.15, 0.2) is 5.84 Å². The monoisotopic (exact) mass is 257 g/mol. The van der Waals surface area contributed by atoms with Crippen molar-refractivity contribution in [2.24, 2.45) is 10.9 Å². The molecule has 0 fully saturated rings. The Kier molecular flexibility index (Phi) is 3.76. The molecule has 4 N–H and O–H groups in total. The third kappa shape index (κ3) is 2.92. The van der Waals surface area contributed by atoms with Crippen LogP contribution in [0.25, 0.3) is 0 Å². The lowest BCUT2D eigenvalue weighted by Gasteiger charge is -2.07. The van der Waals surface area contributed by atoms with E-state index in [1.807, 2.05) is 25.1 Å². The van der Waals surface area contributed by atoms with E-state index in [4.69, 9.17) is 10.9 Å². The summed E-state index contributed by atoms with van der Waals surface area (Å²) < 4.78 is 0.961. The first-order valence-electron chi connectivity index (χ1n) is 4.10. The highest BCUT2D eigenvalue weighted by atomic mass is 79.9. The molecule has 1 rings (SSSR count). The molecule has 0 saturated carbocycles. The fraction of sp³-hybridized carbons (Fsp3) is 0.222. The summed E-state index contributed by atoms with van der Waals surface area (Å²) in [5, 5.41) is 14.2. The SMILES string of the molecule is Cc1ccc(NCC(N)=NO)c(Br)c1. The zero-order valence-corrected chi connectivity index (χ0v) is 9.37. The molecule has 76 valence electrons. The van der Waals surface area contributed by atoms with Crippen molar-refractivity contribution >= 4 is 27.5 Å². The van der Waals surface area contributed by atoms with Crippen LogP contribution in [0.5, 0.6) is 0 Å². The lowest BCUT2D eigenvalue weighted by Crippen LogP contribution is -2.22. The van der Waals surface area contributed by atoms with E-state index in [2.05, 4.69) is 26.4 Å². The molecule has 0 amide bonds. The lowest BCUT2D eigenvalue weighted by molar-refractivity contribution is 0.317. The molecule has 0 radical (unpaired) electrons. The highest BCUT2D eigenvalue weighted by Gasteiger charge is 1.99. The van der Waals surface area contributed by atoms with E-state index in [9.17, 15) is 0 Å². The van der Waals surface area contributed by atoms with Crippen LogP contribution < -0.4 is 11.1 Å². The Balaban J connectivity index is 2.68. The summed E-state index contributed by atoms with van der Waals surface area (Å²) in [6.07, 6.45) is 0. The fourth-order valence-corrected chi connectivity index (χ4v) is 1.62. The van der Waals surface area contributed by atoms with Gasteiger partial charge in [-0.1, -0.05) is 11.2 Å². The standard InChI is InChI=1S/C9H12BrN3O/c1-6-2-3-8(7(10)4-6)12-5-9(11)13-14/h2-4,12,14H,5H2,1H3,(H2,11,13). The largest absolute Gasteiger partial charge is 0.409 e. The maximum atomic E-state index is 8.34. The summed E-state index contributed by atoms with van der Waals surface area (Å²) >= 11 is 3.41. The Morgan fingerprint density at radius 1 is 1.64 bits per heavy atom. The number of nitrogens with two attached hydrogens (primary N) is 1. The molecule has 5 heteroatoms. The van der Waals surface area contributed by atoms with Crippen LogP contribution in [0.1, 0.15) is 5.56 Å². The number of benzene rings is 1. The maximum Gasteiger partial charge on any atom is 0.158 e. The molecule has 14 heavy (non-hydrogen) atoms. The molecule has 0 saturated heterocycles.